The lowest BCUT2D eigenvalue weighted by atomic mass is 9.83. The number of allylic oxidation sites excluding steroid dienone is 3. The molecule has 136 valence electrons. The molecule has 0 saturated heterocycles. The highest BCUT2D eigenvalue weighted by Gasteiger charge is 2.35. The van der Waals surface area contributed by atoms with Crippen molar-refractivity contribution in [3.63, 3.8) is 0 Å². The number of benzene rings is 2. The van der Waals surface area contributed by atoms with Crippen LogP contribution in [-0.2, 0) is 4.79 Å². The lowest BCUT2D eigenvalue weighted by molar-refractivity contribution is -0.113. The molecule has 3 rings (SSSR count). The Morgan fingerprint density at radius 3 is 2.44 bits per heavy atom. The Balaban J connectivity index is 2.10. The number of para-hydroxylation sites is 1. The predicted octanol–water partition coefficient (Wildman–Crippen LogP) is 5.74. The van der Waals surface area contributed by atoms with Gasteiger partial charge in [-0.2, -0.15) is 0 Å². The third-order valence-corrected chi connectivity index (χ3v) is 4.96. The van der Waals surface area contributed by atoms with Crippen molar-refractivity contribution in [3.8, 4) is 0 Å². The smallest absolute Gasteiger partial charge is 0.253 e. The predicted molar refractivity (Wildman–Crippen MR) is 109 cm³/mol. The van der Waals surface area contributed by atoms with E-state index >= 15 is 0 Å². The topological polar surface area (TPSA) is 45.5 Å². The summed E-state index contributed by atoms with van der Waals surface area (Å²) in [7, 11) is 0. The van der Waals surface area contributed by atoms with Crippen molar-refractivity contribution < 1.29 is 4.79 Å². The van der Waals surface area contributed by atoms with Gasteiger partial charge < -0.3 is 10.6 Å². The van der Waals surface area contributed by atoms with Crippen LogP contribution in [0, 0.1) is 6.57 Å². The minimum absolute atomic E-state index is 0.282. The van der Waals surface area contributed by atoms with E-state index in [0.29, 0.717) is 44.0 Å². The zero-order valence-corrected chi connectivity index (χ0v) is 16.3. The number of halogens is 2. The number of hydrogen-bond acceptors (Lipinski definition) is 2. The first-order chi connectivity index (χ1) is 12.9. The molecule has 1 unspecified atom stereocenters. The zero-order chi connectivity index (χ0) is 19.6. The van der Waals surface area contributed by atoms with Crippen molar-refractivity contribution >= 4 is 34.8 Å². The Morgan fingerprint density at radius 1 is 1.11 bits per heavy atom. The maximum absolute atomic E-state index is 13.1. The average Bonchev–Trinajstić information content (AvgIpc) is 2.62. The molecule has 6 heteroatoms. The van der Waals surface area contributed by atoms with Gasteiger partial charge in [-0.15, -0.1) is 0 Å². The first-order valence-corrected chi connectivity index (χ1v) is 9.05. The Labute approximate surface area is 168 Å². The molecule has 0 spiro atoms. The van der Waals surface area contributed by atoms with Gasteiger partial charge in [0.2, 0.25) is 0 Å². The number of dihydropyridines is 1. The molecule has 4 nitrogen and oxygen atoms in total. The van der Waals surface area contributed by atoms with Crippen LogP contribution in [0.2, 0.25) is 10.0 Å². The molecule has 1 atom stereocenters. The minimum Gasteiger partial charge on any atom is -0.372 e. The summed E-state index contributed by atoms with van der Waals surface area (Å²) in [6.07, 6.45) is 0. The van der Waals surface area contributed by atoms with Crippen molar-refractivity contribution in [1.82, 2.24) is 5.32 Å². The van der Waals surface area contributed by atoms with E-state index in [1.165, 1.54) is 0 Å². The highest BCUT2D eigenvalue weighted by atomic mass is 35.5. The molecule has 0 fully saturated rings. The summed E-state index contributed by atoms with van der Waals surface area (Å²) in [5.41, 5.74) is 3.63. The summed E-state index contributed by atoms with van der Waals surface area (Å²) < 4.78 is 0. The fourth-order valence-electron chi connectivity index (χ4n) is 3.19. The Bertz CT molecular complexity index is 1000. The fourth-order valence-corrected chi connectivity index (χ4v) is 3.71. The Hall–Kier alpha value is -2.74. The molecule has 1 amide bonds. The molecule has 1 heterocycles. The van der Waals surface area contributed by atoms with Crippen LogP contribution < -0.4 is 10.6 Å². The third kappa shape index (κ3) is 3.85. The lowest BCUT2D eigenvalue weighted by Crippen LogP contribution is -2.30. The molecular weight excluding hydrogens is 381 g/mol. The number of carbonyl (C=O) groups is 1. The Morgan fingerprint density at radius 2 is 1.81 bits per heavy atom. The van der Waals surface area contributed by atoms with Gasteiger partial charge in [-0.25, -0.2) is 4.85 Å². The van der Waals surface area contributed by atoms with E-state index in [1.807, 2.05) is 44.2 Å². The highest BCUT2D eigenvalue weighted by Crippen LogP contribution is 2.42. The molecule has 2 aromatic rings. The normalized spacial score (nSPS) is 16.6. The van der Waals surface area contributed by atoms with E-state index in [9.17, 15) is 4.79 Å². The van der Waals surface area contributed by atoms with Crippen molar-refractivity contribution in [2.75, 3.05) is 5.32 Å². The number of amides is 1. The number of nitrogens with one attached hydrogen (secondary N) is 2. The van der Waals surface area contributed by atoms with Crippen LogP contribution in [0.1, 0.15) is 25.3 Å². The molecule has 1 aliphatic heterocycles. The number of anilines is 1. The number of rotatable bonds is 3. The van der Waals surface area contributed by atoms with E-state index in [2.05, 4.69) is 15.5 Å². The lowest BCUT2D eigenvalue weighted by Gasteiger charge is -2.29. The summed E-state index contributed by atoms with van der Waals surface area (Å²) in [5, 5.41) is 6.96. The van der Waals surface area contributed by atoms with Gasteiger partial charge in [-0.05, 0) is 43.7 Å². The molecule has 0 aliphatic carbocycles. The summed E-state index contributed by atoms with van der Waals surface area (Å²) in [6, 6.07) is 14.3. The average molecular weight is 398 g/mol. The second-order valence-electron chi connectivity index (χ2n) is 6.20. The van der Waals surface area contributed by atoms with Gasteiger partial charge in [-0.1, -0.05) is 47.5 Å². The van der Waals surface area contributed by atoms with Gasteiger partial charge in [-0.3, -0.25) is 4.79 Å². The highest BCUT2D eigenvalue weighted by molar-refractivity contribution is 6.35. The van der Waals surface area contributed by atoms with Crippen molar-refractivity contribution in [2.24, 2.45) is 0 Å². The SMILES string of the molecule is [C-]#[N+]C1=C(C)NC(C)=C(C(=O)Nc2ccccc2)C1c1ccc(Cl)cc1Cl. The molecule has 0 aromatic heterocycles. The molecule has 2 aromatic carbocycles. The fraction of sp³-hybridized carbons (Fsp3) is 0.143. The second-order valence-corrected chi connectivity index (χ2v) is 7.05. The van der Waals surface area contributed by atoms with E-state index in [-0.39, 0.29) is 5.91 Å². The van der Waals surface area contributed by atoms with Crippen LogP contribution in [0.3, 0.4) is 0 Å². The minimum atomic E-state index is -0.572. The molecule has 27 heavy (non-hydrogen) atoms. The second kappa shape index (κ2) is 7.87. The maximum Gasteiger partial charge on any atom is 0.253 e. The summed E-state index contributed by atoms with van der Waals surface area (Å²) in [4.78, 5) is 16.8. The first kappa shape index (κ1) is 19.0. The number of carbonyl (C=O) groups excluding carboxylic acids is 1. The van der Waals surface area contributed by atoms with Crippen LogP contribution in [-0.4, -0.2) is 5.91 Å². The number of nitrogens with zero attached hydrogens (tertiary/aromatic N) is 1. The summed E-state index contributed by atoms with van der Waals surface area (Å²) in [6.45, 7) is 11.3. The van der Waals surface area contributed by atoms with Crippen molar-refractivity contribution in [1.29, 1.82) is 0 Å². The zero-order valence-electron chi connectivity index (χ0n) is 14.8. The van der Waals surface area contributed by atoms with Crippen LogP contribution >= 0.6 is 23.2 Å². The van der Waals surface area contributed by atoms with Crippen LogP contribution in [0.15, 0.2) is 71.2 Å². The Kier molecular flexibility index (Phi) is 5.55. The summed E-state index contributed by atoms with van der Waals surface area (Å²) >= 11 is 12.5. The molecule has 1 aliphatic rings. The molecular formula is C21H17Cl2N3O. The van der Waals surface area contributed by atoms with E-state index in [4.69, 9.17) is 29.8 Å². The standard InChI is InChI=1S/C21H17Cl2N3O/c1-12-18(21(27)26-15-7-5-4-6-8-15)19(20(24-3)13(2)25-12)16-10-9-14(22)11-17(16)23/h4-11,19,25H,1-2H3,(H,26,27). The van der Waals surface area contributed by atoms with Gasteiger partial charge in [0.25, 0.3) is 5.91 Å². The van der Waals surface area contributed by atoms with Gasteiger partial charge in [0.1, 0.15) is 0 Å². The largest absolute Gasteiger partial charge is 0.372 e. The quantitative estimate of drug-likeness (QED) is 0.648. The molecule has 0 bridgehead atoms. The monoisotopic (exact) mass is 397 g/mol. The molecule has 2 N–H and O–H groups in total. The van der Waals surface area contributed by atoms with Crippen LogP contribution in [0.4, 0.5) is 5.69 Å². The van der Waals surface area contributed by atoms with E-state index in [1.54, 1.807) is 18.2 Å². The van der Waals surface area contributed by atoms with Crippen molar-refractivity contribution in [3.05, 3.63) is 98.2 Å². The van der Waals surface area contributed by atoms with E-state index in [0.717, 1.165) is 0 Å². The maximum atomic E-state index is 13.1. The molecule has 0 saturated carbocycles. The van der Waals surface area contributed by atoms with E-state index < -0.39 is 5.92 Å². The summed E-state index contributed by atoms with van der Waals surface area (Å²) in [5.74, 6) is -0.854. The van der Waals surface area contributed by atoms with Gasteiger partial charge in [0, 0.05) is 32.7 Å². The first-order valence-electron chi connectivity index (χ1n) is 8.29. The molecule has 0 radical (unpaired) electrons. The van der Waals surface area contributed by atoms with Crippen LogP contribution in [0.5, 0.6) is 0 Å². The van der Waals surface area contributed by atoms with Crippen LogP contribution in [0.25, 0.3) is 4.85 Å². The number of hydrogen-bond donors (Lipinski definition) is 2. The third-order valence-electron chi connectivity index (χ3n) is 4.40. The van der Waals surface area contributed by atoms with Gasteiger partial charge >= 0.3 is 0 Å². The van der Waals surface area contributed by atoms with Gasteiger partial charge in [0.05, 0.1) is 12.5 Å². The van der Waals surface area contributed by atoms with Crippen molar-refractivity contribution in [2.45, 2.75) is 19.8 Å². The van der Waals surface area contributed by atoms with Gasteiger partial charge in [0.15, 0.2) is 5.70 Å².